The second-order valence-electron chi connectivity index (χ2n) is 4.50. The highest BCUT2D eigenvalue weighted by molar-refractivity contribution is 5.82. The summed E-state index contributed by atoms with van der Waals surface area (Å²) in [5.74, 6) is 0.710. The van der Waals surface area contributed by atoms with Crippen LogP contribution in [0.4, 0.5) is 5.82 Å². The van der Waals surface area contributed by atoms with Crippen LogP contribution in [0.1, 0.15) is 19.3 Å². The lowest BCUT2D eigenvalue weighted by Gasteiger charge is -2.16. The van der Waals surface area contributed by atoms with Crippen molar-refractivity contribution in [2.45, 2.75) is 31.4 Å². The zero-order chi connectivity index (χ0) is 11.8. The first-order chi connectivity index (χ1) is 8.25. The number of nitrogens with zero attached hydrogens (tertiary/aromatic N) is 4. The number of fused-ring (bicyclic) bond motifs is 1. The Morgan fingerprint density at radius 3 is 3.00 bits per heavy atom. The summed E-state index contributed by atoms with van der Waals surface area (Å²) in [5.41, 5.74) is 1.56. The van der Waals surface area contributed by atoms with E-state index >= 15 is 0 Å². The van der Waals surface area contributed by atoms with E-state index in [2.05, 4.69) is 20.3 Å². The summed E-state index contributed by atoms with van der Waals surface area (Å²) in [6, 6.07) is 0.0788. The quantitative estimate of drug-likeness (QED) is 0.798. The summed E-state index contributed by atoms with van der Waals surface area (Å²) in [5, 5.41) is 13.1. The molecule has 0 aliphatic heterocycles. The number of aliphatic hydroxyl groups is 1. The van der Waals surface area contributed by atoms with Crippen LogP contribution in [0.15, 0.2) is 12.7 Å². The Hall–Kier alpha value is -1.69. The highest BCUT2D eigenvalue weighted by Crippen LogP contribution is 2.24. The average Bonchev–Trinajstić information content (AvgIpc) is 2.89. The summed E-state index contributed by atoms with van der Waals surface area (Å²) in [6.07, 6.45) is 5.83. The normalized spacial score (nSPS) is 24.4. The molecule has 1 aliphatic rings. The number of aliphatic hydroxyl groups excluding tert-OH is 1. The third-order valence-electron chi connectivity index (χ3n) is 3.30. The van der Waals surface area contributed by atoms with Crippen molar-refractivity contribution in [2.75, 3.05) is 5.32 Å². The molecule has 0 aromatic carbocycles. The monoisotopic (exact) mass is 233 g/mol. The molecule has 1 fully saturated rings. The van der Waals surface area contributed by atoms with E-state index in [1.807, 2.05) is 11.6 Å². The summed E-state index contributed by atoms with van der Waals surface area (Å²) < 4.78 is 1.85. The first-order valence-electron chi connectivity index (χ1n) is 5.82. The molecular weight excluding hydrogens is 218 g/mol. The van der Waals surface area contributed by atoms with Crippen LogP contribution in [-0.4, -0.2) is 36.8 Å². The van der Waals surface area contributed by atoms with Gasteiger partial charge in [0.05, 0.1) is 18.5 Å². The van der Waals surface area contributed by atoms with Crippen LogP contribution in [-0.2, 0) is 7.05 Å². The molecule has 1 saturated carbocycles. The Morgan fingerprint density at radius 2 is 2.24 bits per heavy atom. The molecule has 90 valence electrons. The third kappa shape index (κ3) is 1.74. The number of imidazole rings is 1. The molecule has 2 N–H and O–H groups in total. The molecular formula is C11H15N5O. The standard InChI is InChI=1S/C11H15N5O/c1-16-6-14-9-10(12-5-13-11(9)16)15-7-3-2-4-8(7)17/h5-8,17H,2-4H2,1H3,(H,12,13,15). The number of rotatable bonds is 2. The predicted octanol–water partition coefficient (Wildman–Crippen LogP) is 0.689. The van der Waals surface area contributed by atoms with E-state index < -0.39 is 0 Å². The smallest absolute Gasteiger partial charge is 0.165 e. The van der Waals surface area contributed by atoms with E-state index in [-0.39, 0.29) is 12.1 Å². The summed E-state index contributed by atoms with van der Waals surface area (Å²) in [4.78, 5) is 12.7. The van der Waals surface area contributed by atoms with E-state index in [0.29, 0.717) is 5.82 Å². The highest BCUT2D eigenvalue weighted by Gasteiger charge is 2.26. The second-order valence-corrected chi connectivity index (χ2v) is 4.50. The van der Waals surface area contributed by atoms with Gasteiger partial charge in [-0.1, -0.05) is 0 Å². The van der Waals surface area contributed by atoms with Gasteiger partial charge in [-0.25, -0.2) is 15.0 Å². The molecule has 6 nitrogen and oxygen atoms in total. The zero-order valence-electron chi connectivity index (χ0n) is 9.67. The summed E-state index contributed by atoms with van der Waals surface area (Å²) in [6.45, 7) is 0. The summed E-state index contributed by atoms with van der Waals surface area (Å²) in [7, 11) is 1.90. The van der Waals surface area contributed by atoms with Gasteiger partial charge in [-0.05, 0) is 19.3 Å². The lowest BCUT2D eigenvalue weighted by molar-refractivity contribution is 0.171. The maximum atomic E-state index is 9.80. The van der Waals surface area contributed by atoms with E-state index in [1.54, 1.807) is 6.33 Å². The van der Waals surface area contributed by atoms with E-state index in [1.165, 1.54) is 6.33 Å². The number of nitrogens with one attached hydrogen (secondary N) is 1. The predicted molar refractivity (Wildman–Crippen MR) is 63.6 cm³/mol. The van der Waals surface area contributed by atoms with E-state index in [0.717, 1.165) is 30.4 Å². The maximum absolute atomic E-state index is 9.80. The first-order valence-corrected chi connectivity index (χ1v) is 5.82. The van der Waals surface area contributed by atoms with Crippen LogP contribution in [0, 0.1) is 0 Å². The Labute approximate surface area is 98.7 Å². The minimum absolute atomic E-state index is 0.0788. The number of hydrogen-bond acceptors (Lipinski definition) is 5. The van der Waals surface area contributed by atoms with E-state index in [4.69, 9.17) is 0 Å². The summed E-state index contributed by atoms with van der Waals surface area (Å²) >= 11 is 0. The number of aryl methyl sites for hydroxylation is 1. The van der Waals surface area contributed by atoms with Gasteiger partial charge in [-0.3, -0.25) is 0 Å². The molecule has 0 saturated heterocycles. The fraction of sp³-hybridized carbons (Fsp3) is 0.545. The lowest BCUT2D eigenvalue weighted by atomic mass is 10.2. The van der Waals surface area contributed by atoms with Crippen LogP contribution in [0.2, 0.25) is 0 Å². The molecule has 2 aromatic rings. The fourth-order valence-corrected chi connectivity index (χ4v) is 2.34. The number of anilines is 1. The Balaban J connectivity index is 1.94. The van der Waals surface area contributed by atoms with Crippen LogP contribution in [0.25, 0.3) is 11.2 Å². The topological polar surface area (TPSA) is 75.9 Å². The molecule has 2 atom stereocenters. The minimum atomic E-state index is -0.288. The van der Waals surface area contributed by atoms with Gasteiger partial charge in [-0.2, -0.15) is 0 Å². The molecule has 1 aliphatic carbocycles. The van der Waals surface area contributed by atoms with Crippen molar-refractivity contribution in [3.05, 3.63) is 12.7 Å². The highest BCUT2D eigenvalue weighted by atomic mass is 16.3. The molecule has 0 spiro atoms. The molecule has 0 radical (unpaired) electrons. The van der Waals surface area contributed by atoms with Gasteiger partial charge < -0.3 is 15.0 Å². The molecule has 2 heterocycles. The largest absolute Gasteiger partial charge is 0.391 e. The van der Waals surface area contributed by atoms with Gasteiger partial charge in [0.25, 0.3) is 0 Å². The van der Waals surface area contributed by atoms with Crippen molar-refractivity contribution < 1.29 is 5.11 Å². The van der Waals surface area contributed by atoms with Crippen molar-refractivity contribution in [1.82, 2.24) is 19.5 Å². The third-order valence-corrected chi connectivity index (χ3v) is 3.30. The molecule has 17 heavy (non-hydrogen) atoms. The number of aromatic nitrogens is 4. The zero-order valence-corrected chi connectivity index (χ0v) is 9.67. The van der Waals surface area contributed by atoms with Crippen LogP contribution in [0.5, 0.6) is 0 Å². The Kier molecular flexibility index (Phi) is 2.44. The molecule has 2 aromatic heterocycles. The van der Waals surface area contributed by atoms with Gasteiger partial charge in [0.15, 0.2) is 11.5 Å². The molecule has 0 bridgehead atoms. The molecule has 3 rings (SSSR count). The minimum Gasteiger partial charge on any atom is -0.391 e. The molecule has 2 unspecified atom stereocenters. The van der Waals surface area contributed by atoms with Crippen molar-refractivity contribution in [3.8, 4) is 0 Å². The fourth-order valence-electron chi connectivity index (χ4n) is 2.34. The second kappa shape index (κ2) is 3.96. The van der Waals surface area contributed by atoms with Crippen molar-refractivity contribution in [3.63, 3.8) is 0 Å². The lowest BCUT2D eigenvalue weighted by Crippen LogP contribution is -2.28. The van der Waals surface area contributed by atoms with Crippen molar-refractivity contribution in [2.24, 2.45) is 7.05 Å². The number of hydrogen-bond donors (Lipinski definition) is 2. The Morgan fingerprint density at radius 1 is 1.35 bits per heavy atom. The maximum Gasteiger partial charge on any atom is 0.165 e. The van der Waals surface area contributed by atoms with Gasteiger partial charge in [0, 0.05) is 7.05 Å². The van der Waals surface area contributed by atoms with Gasteiger partial charge >= 0.3 is 0 Å². The Bertz CT molecular complexity index is 538. The van der Waals surface area contributed by atoms with Crippen molar-refractivity contribution >= 4 is 17.0 Å². The van der Waals surface area contributed by atoms with Gasteiger partial charge in [0.1, 0.15) is 11.8 Å². The van der Waals surface area contributed by atoms with Crippen LogP contribution < -0.4 is 5.32 Å². The SMILES string of the molecule is Cn1cnc2c(NC3CCCC3O)ncnc21. The van der Waals surface area contributed by atoms with Gasteiger partial charge in [-0.15, -0.1) is 0 Å². The molecule has 6 heteroatoms. The average molecular weight is 233 g/mol. The molecule has 0 amide bonds. The van der Waals surface area contributed by atoms with E-state index in [9.17, 15) is 5.11 Å². The van der Waals surface area contributed by atoms with Crippen LogP contribution >= 0.6 is 0 Å². The van der Waals surface area contributed by atoms with Crippen LogP contribution in [0.3, 0.4) is 0 Å². The van der Waals surface area contributed by atoms with Crippen molar-refractivity contribution in [1.29, 1.82) is 0 Å². The first kappa shape index (κ1) is 10.5. The van der Waals surface area contributed by atoms with Gasteiger partial charge in [0.2, 0.25) is 0 Å².